The van der Waals surface area contributed by atoms with Crippen LogP contribution in [0.2, 0.25) is 0 Å². The monoisotopic (exact) mass is 372 g/mol. The molecule has 0 aromatic heterocycles. The van der Waals surface area contributed by atoms with Gasteiger partial charge in [0.05, 0.1) is 20.4 Å². The number of hydrogen-bond acceptors (Lipinski definition) is 7. The normalized spacial score (nSPS) is 10.3. The van der Waals surface area contributed by atoms with E-state index in [-0.39, 0.29) is 6.61 Å². The maximum absolute atomic E-state index is 11.8. The first-order valence-electron chi connectivity index (χ1n) is 7.97. The van der Waals surface area contributed by atoms with Gasteiger partial charge in [0, 0.05) is 6.92 Å². The van der Waals surface area contributed by atoms with Gasteiger partial charge < -0.3 is 18.9 Å². The number of hydrogen-bond donors (Lipinski definition) is 1. The first-order chi connectivity index (χ1) is 13.0. The number of rotatable bonds is 8. The molecule has 0 aliphatic carbocycles. The second-order valence-electron chi connectivity index (χ2n) is 5.26. The van der Waals surface area contributed by atoms with Crippen molar-refractivity contribution in [3.05, 3.63) is 48.0 Å². The van der Waals surface area contributed by atoms with Gasteiger partial charge in [0.15, 0.2) is 18.1 Å². The van der Waals surface area contributed by atoms with E-state index in [4.69, 9.17) is 18.9 Å². The predicted octanol–water partition coefficient (Wildman–Crippen LogP) is 2.16. The van der Waals surface area contributed by atoms with Crippen LogP contribution in [0.1, 0.15) is 12.5 Å². The molecule has 0 saturated heterocycles. The van der Waals surface area contributed by atoms with Gasteiger partial charge in [-0.1, -0.05) is 0 Å². The summed E-state index contributed by atoms with van der Waals surface area (Å²) in [4.78, 5) is 22.8. The Morgan fingerprint density at radius 2 is 1.70 bits per heavy atom. The van der Waals surface area contributed by atoms with E-state index >= 15 is 0 Å². The van der Waals surface area contributed by atoms with Crippen molar-refractivity contribution in [2.24, 2.45) is 5.10 Å². The van der Waals surface area contributed by atoms with Crippen LogP contribution in [-0.4, -0.2) is 38.9 Å². The molecular weight excluding hydrogens is 352 g/mol. The topological polar surface area (TPSA) is 95.5 Å². The fourth-order valence-corrected chi connectivity index (χ4v) is 2.04. The molecule has 2 rings (SSSR count). The molecule has 142 valence electrons. The van der Waals surface area contributed by atoms with Crippen LogP contribution in [0.25, 0.3) is 0 Å². The largest absolute Gasteiger partial charge is 0.497 e. The molecule has 0 fully saturated rings. The number of nitrogens with one attached hydrogen (secondary N) is 1. The Labute approximate surface area is 156 Å². The lowest BCUT2D eigenvalue weighted by Crippen LogP contribution is -2.24. The summed E-state index contributed by atoms with van der Waals surface area (Å²) in [5, 5.41) is 3.86. The summed E-state index contributed by atoms with van der Waals surface area (Å²) >= 11 is 0. The zero-order valence-electron chi connectivity index (χ0n) is 15.2. The third kappa shape index (κ3) is 6.35. The van der Waals surface area contributed by atoms with Gasteiger partial charge in [-0.15, -0.1) is 0 Å². The Morgan fingerprint density at radius 3 is 2.33 bits per heavy atom. The predicted molar refractivity (Wildman–Crippen MR) is 98.5 cm³/mol. The third-order valence-electron chi connectivity index (χ3n) is 3.27. The van der Waals surface area contributed by atoms with Crippen LogP contribution < -0.4 is 24.4 Å². The summed E-state index contributed by atoms with van der Waals surface area (Å²) in [6, 6.07) is 11.7. The number of ether oxygens (including phenoxy) is 4. The molecule has 0 unspecified atom stereocenters. The van der Waals surface area contributed by atoms with Gasteiger partial charge in [-0.25, -0.2) is 5.43 Å². The number of hydrazone groups is 1. The Kier molecular flexibility index (Phi) is 7.18. The molecule has 8 nitrogen and oxygen atoms in total. The molecule has 2 aromatic carbocycles. The summed E-state index contributed by atoms with van der Waals surface area (Å²) in [6.45, 7) is 1.12. The molecule has 0 bridgehead atoms. The summed E-state index contributed by atoms with van der Waals surface area (Å²) in [6.07, 6.45) is 1.44. The van der Waals surface area contributed by atoms with Gasteiger partial charge in [-0.3, -0.25) is 9.59 Å². The highest BCUT2D eigenvalue weighted by molar-refractivity contribution is 5.84. The number of benzene rings is 2. The van der Waals surface area contributed by atoms with E-state index in [1.54, 1.807) is 49.6 Å². The van der Waals surface area contributed by atoms with Gasteiger partial charge in [0.2, 0.25) is 0 Å². The van der Waals surface area contributed by atoms with Crippen molar-refractivity contribution >= 4 is 18.1 Å². The molecule has 27 heavy (non-hydrogen) atoms. The smallest absolute Gasteiger partial charge is 0.308 e. The number of nitrogens with zero attached hydrogens (tertiary/aromatic N) is 1. The SMILES string of the molecule is COc1ccc(OCC(=O)N/N=C/c2ccc(OC(C)=O)c(OC)c2)cc1. The average molecular weight is 372 g/mol. The molecule has 0 heterocycles. The average Bonchev–Trinajstić information content (AvgIpc) is 2.67. The summed E-state index contributed by atoms with van der Waals surface area (Å²) in [5.74, 6) is 1.07. The quantitative estimate of drug-likeness (QED) is 0.330. The van der Waals surface area contributed by atoms with Crippen molar-refractivity contribution in [3.63, 3.8) is 0 Å². The minimum Gasteiger partial charge on any atom is -0.497 e. The van der Waals surface area contributed by atoms with Crippen LogP contribution in [-0.2, 0) is 9.59 Å². The van der Waals surface area contributed by atoms with Crippen molar-refractivity contribution in [3.8, 4) is 23.0 Å². The molecular formula is C19H20N2O6. The highest BCUT2D eigenvalue weighted by Crippen LogP contribution is 2.27. The van der Waals surface area contributed by atoms with E-state index in [2.05, 4.69) is 10.5 Å². The lowest BCUT2D eigenvalue weighted by atomic mass is 10.2. The van der Waals surface area contributed by atoms with Crippen LogP contribution >= 0.6 is 0 Å². The van der Waals surface area contributed by atoms with Gasteiger partial charge in [-0.05, 0) is 48.0 Å². The molecule has 1 N–H and O–H groups in total. The zero-order chi connectivity index (χ0) is 19.6. The molecule has 2 aromatic rings. The van der Waals surface area contributed by atoms with Gasteiger partial charge in [0.25, 0.3) is 5.91 Å². The summed E-state index contributed by atoms with van der Waals surface area (Å²) < 4.78 is 20.6. The van der Waals surface area contributed by atoms with E-state index in [1.807, 2.05) is 0 Å². The van der Waals surface area contributed by atoms with Crippen molar-refractivity contribution in [1.82, 2.24) is 5.43 Å². The van der Waals surface area contributed by atoms with E-state index in [9.17, 15) is 9.59 Å². The minimum absolute atomic E-state index is 0.182. The third-order valence-corrected chi connectivity index (χ3v) is 3.27. The Bertz CT molecular complexity index is 817. The molecule has 0 atom stereocenters. The van der Waals surface area contributed by atoms with Gasteiger partial charge >= 0.3 is 5.97 Å². The van der Waals surface area contributed by atoms with Crippen LogP contribution in [0, 0.1) is 0 Å². The van der Waals surface area contributed by atoms with E-state index in [0.29, 0.717) is 28.6 Å². The Hall–Kier alpha value is -3.55. The van der Waals surface area contributed by atoms with E-state index in [1.165, 1.54) is 20.2 Å². The second-order valence-corrected chi connectivity index (χ2v) is 5.26. The number of carbonyl (C=O) groups is 2. The zero-order valence-corrected chi connectivity index (χ0v) is 15.2. The molecule has 1 amide bonds. The molecule has 0 radical (unpaired) electrons. The van der Waals surface area contributed by atoms with Crippen molar-refractivity contribution < 1.29 is 28.5 Å². The number of amides is 1. The molecule has 0 saturated carbocycles. The molecule has 0 aliphatic heterocycles. The standard InChI is InChI=1S/C19H20N2O6/c1-13(22)27-17-9-4-14(10-18(17)25-3)11-20-21-19(23)12-26-16-7-5-15(24-2)6-8-16/h4-11H,12H2,1-3H3,(H,21,23)/b20-11+. The fourth-order valence-electron chi connectivity index (χ4n) is 2.04. The molecule has 8 heteroatoms. The number of esters is 1. The van der Waals surface area contributed by atoms with Crippen LogP contribution in [0.5, 0.6) is 23.0 Å². The first-order valence-corrected chi connectivity index (χ1v) is 7.97. The lowest BCUT2D eigenvalue weighted by molar-refractivity contribution is -0.132. The van der Waals surface area contributed by atoms with Crippen molar-refractivity contribution in [1.29, 1.82) is 0 Å². The fraction of sp³-hybridized carbons (Fsp3) is 0.211. The van der Waals surface area contributed by atoms with E-state index < -0.39 is 11.9 Å². The molecule has 0 aliphatic rings. The lowest BCUT2D eigenvalue weighted by Gasteiger charge is -2.08. The summed E-state index contributed by atoms with van der Waals surface area (Å²) in [5.41, 5.74) is 3.01. The Balaban J connectivity index is 1.86. The van der Waals surface area contributed by atoms with Gasteiger partial charge in [0.1, 0.15) is 11.5 Å². The molecule has 0 spiro atoms. The van der Waals surface area contributed by atoms with Crippen LogP contribution in [0.15, 0.2) is 47.6 Å². The second kappa shape index (κ2) is 9.81. The maximum Gasteiger partial charge on any atom is 0.308 e. The first kappa shape index (κ1) is 19.8. The van der Waals surface area contributed by atoms with Crippen LogP contribution in [0.3, 0.4) is 0 Å². The highest BCUT2D eigenvalue weighted by Gasteiger charge is 2.07. The number of carbonyl (C=O) groups excluding carboxylic acids is 2. The minimum atomic E-state index is -0.446. The van der Waals surface area contributed by atoms with Gasteiger partial charge in [-0.2, -0.15) is 5.10 Å². The summed E-state index contributed by atoms with van der Waals surface area (Å²) in [7, 11) is 3.03. The van der Waals surface area contributed by atoms with Crippen LogP contribution in [0.4, 0.5) is 0 Å². The maximum atomic E-state index is 11.8. The Morgan fingerprint density at radius 1 is 1.00 bits per heavy atom. The highest BCUT2D eigenvalue weighted by atomic mass is 16.6. The van der Waals surface area contributed by atoms with Crippen molar-refractivity contribution in [2.75, 3.05) is 20.8 Å². The number of methoxy groups -OCH3 is 2. The van der Waals surface area contributed by atoms with Crippen molar-refractivity contribution in [2.45, 2.75) is 6.92 Å². The van der Waals surface area contributed by atoms with E-state index in [0.717, 1.165) is 0 Å².